The van der Waals surface area contributed by atoms with Crippen LogP contribution in [-0.4, -0.2) is 41.5 Å². The van der Waals surface area contributed by atoms with Gasteiger partial charge in [-0.05, 0) is 35.4 Å². The van der Waals surface area contributed by atoms with Gasteiger partial charge in [-0.25, -0.2) is 0 Å². The van der Waals surface area contributed by atoms with Gasteiger partial charge in [0.15, 0.2) is 0 Å². The number of carbonyl (C=O) groups is 2. The summed E-state index contributed by atoms with van der Waals surface area (Å²) in [6.07, 6.45) is 1.93. The Balaban J connectivity index is 1.43. The molecule has 0 radical (unpaired) electrons. The highest BCUT2D eigenvalue weighted by Crippen LogP contribution is 2.26. The van der Waals surface area contributed by atoms with Crippen LogP contribution in [0.25, 0.3) is 0 Å². The van der Waals surface area contributed by atoms with Gasteiger partial charge in [-0.1, -0.05) is 66.7 Å². The number of nitrogens with one attached hydrogen (secondary N) is 1. The molecule has 0 bridgehead atoms. The molecule has 1 aliphatic rings. The van der Waals surface area contributed by atoms with E-state index in [0.717, 1.165) is 24.0 Å². The summed E-state index contributed by atoms with van der Waals surface area (Å²) in [4.78, 5) is 28.2. The highest BCUT2D eigenvalue weighted by Gasteiger charge is 2.33. The number of likely N-dealkylation sites (tertiary alicyclic amines) is 1. The lowest BCUT2D eigenvalue weighted by Gasteiger charge is -2.33. The summed E-state index contributed by atoms with van der Waals surface area (Å²) < 4.78 is 0. The largest absolute Gasteiger partial charge is 0.383 e. The van der Waals surface area contributed by atoms with Crippen LogP contribution in [0.5, 0.6) is 0 Å². The van der Waals surface area contributed by atoms with Crippen molar-refractivity contribution >= 4 is 23.2 Å². The molecule has 5 nitrogen and oxygen atoms in total. The summed E-state index contributed by atoms with van der Waals surface area (Å²) in [6.45, 7) is 1.19. The highest BCUT2D eigenvalue weighted by molar-refractivity contribution is 7.12. The molecule has 2 atom stereocenters. The van der Waals surface area contributed by atoms with Crippen molar-refractivity contribution in [1.29, 1.82) is 0 Å². The summed E-state index contributed by atoms with van der Waals surface area (Å²) in [5, 5.41) is 16.4. The normalized spacial score (nSPS) is 18.0. The van der Waals surface area contributed by atoms with Gasteiger partial charge in [0.1, 0.15) is 5.60 Å². The van der Waals surface area contributed by atoms with E-state index in [1.165, 1.54) is 11.3 Å². The SMILES string of the molecule is O=C(NC[C@@](O)(Cc1ccccc1)c1ccccc1)[C@@H]1CCCN(C(=O)c2cccs2)C1. The van der Waals surface area contributed by atoms with Gasteiger partial charge >= 0.3 is 0 Å². The van der Waals surface area contributed by atoms with E-state index in [-0.39, 0.29) is 24.3 Å². The standard InChI is InChI=1S/C26H28N2O3S/c29-24(21-11-7-15-28(18-21)25(30)23-14-8-16-32-23)27-19-26(31,22-12-5-2-6-13-22)17-20-9-3-1-4-10-20/h1-6,8-10,12-14,16,21,31H,7,11,15,17-19H2,(H,27,29)/t21-,26+/m1/s1. The van der Waals surface area contributed by atoms with Crippen molar-refractivity contribution in [1.82, 2.24) is 10.2 Å². The van der Waals surface area contributed by atoms with Crippen LogP contribution < -0.4 is 5.32 Å². The zero-order valence-electron chi connectivity index (χ0n) is 17.9. The summed E-state index contributed by atoms with van der Waals surface area (Å²) in [6, 6.07) is 22.9. The molecule has 1 aromatic heterocycles. The molecule has 2 aromatic carbocycles. The number of piperidine rings is 1. The van der Waals surface area contributed by atoms with E-state index in [1.54, 1.807) is 4.90 Å². The van der Waals surface area contributed by atoms with Crippen LogP contribution in [0.4, 0.5) is 0 Å². The molecule has 0 aliphatic carbocycles. The summed E-state index contributed by atoms with van der Waals surface area (Å²) in [7, 11) is 0. The summed E-state index contributed by atoms with van der Waals surface area (Å²) in [5.74, 6) is -0.400. The monoisotopic (exact) mass is 448 g/mol. The summed E-state index contributed by atoms with van der Waals surface area (Å²) >= 11 is 1.42. The fourth-order valence-corrected chi connectivity index (χ4v) is 4.95. The molecule has 1 fully saturated rings. The molecular formula is C26H28N2O3S. The van der Waals surface area contributed by atoms with Crippen LogP contribution in [-0.2, 0) is 16.8 Å². The first-order valence-electron chi connectivity index (χ1n) is 11.0. The first-order valence-corrected chi connectivity index (χ1v) is 11.9. The molecule has 3 aromatic rings. The van der Waals surface area contributed by atoms with Crippen LogP contribution in [0.2, 0.25) is 0 Å². The molecule has 2 heterocycles. The Morgan fingerprint density at radius 1 is 1.03 bits per heavy atom. The van der Waals surface area contributed by atoms with Gasteiger partial charge in [-0.2, -0.15) is 0 Å². The predicted molar refractivity (Wildman–Crippen MR) is 126 cm³/mol. The topological polar surface area (TPSA) is 69.6 Å². The Morgan fingerprint density at radius 3 is 2.44 bits per heavy atom. The van der Waals surface area contributed by atoms with Crippen LogP contribution in [0.1, 0.15) is 33.6 Å². The van der Waals surface area contributed by atoms with Crippen molar-refractivity contribution in [2.75, 3.05) is 19.6 Å². The van der Waals surface area contributed by atoms with Gasteiger partial charge in [0.2, 0.25) is 5.91 Å². The number of amides is 2. The molecule has 166 valence electrons. The Bertz CT molecular complexity index is 1020. The molecule has 0 unspecified atom stereocenters. The first kappa shape index (κ1) is 22.2. The second-order valence-electron chi connectivity index (χ2n) is 8.35. The number of nitrogens with zero attached hydrogens (tertiary/aromatic N) is 1. The average molecular weight is 449 g/mol. The van der Waals surface area contributed by atoms with Crippen LogP contribution in [0, 0.1) is 5.92 Å². The number of hydrogen-bond donors (Lipinski definition) is 2. The quantitative estimate of drug-likeness (QED) is 0.577. The molecule has 6 heteroatoms. The van der Waals surface area contributed by atoms with Crippen molar-refractivity contribution in [3.05, 3.63) is 94.2 Å². The molecule has 2 amide bonds. The van der Waals surface area contributed by atoms with E-state index < -0.39 is 5.60 Å². The maximum Gasteiger partial charge on any atom is 0.263 e. The number of carbonyl (C=O) groups excluding carboxylic acids is 2. The summed E-state index contributed by atoms with van der Waals surface area (Å²) in [5.41, 5.74) is 0.542. The number of benzene rings is 2. The third-order valence-corrected chi connectivity index (χ3v) is 6.87. The lowest BCUT2D eigenvalue weighted by Crippen LogP contribution is -2.48. The number of hydrogen-bond acceptors (Lipinski definition) is 4. The molecular weight excluding hydrogens is 420 g/mol. The molecule has 0 spiro atoms. The fourth-order valence-electron chi connectivity index (χ4n) is 4.26. The third-order valence-electron chi connectivity index (χ3n) is 6.02. The molecule has 32 heavy (non-hydrogen) atoms. The van der Waals surface area contributed by atoms with Crippen molar-refractivity contribution in [3.8, 4) is 0 Å². The Kier molecular flexibility index (Phi) is 7.02. The fraction of sp³-hybridized carbons (Fsp3) is 0.308. The maximum absolute atomic E-state index is 13.0. The van der Waals surface area contributed by atoms with E-state index in [2.05, 4.69) is 5.32 Å². The van der Waals surface area contributed by atoms with Gasteiger partial charge in [-0.3, -0.25) is 9.59 Å². The smallest absolute Gasteiger partial charge is 0.263 e. The third kappa shape index (κ3) is 5.26. The minimum atomic E-state index is -1.22. The van der Waals surface area contributed by atoms with Crippen molar-refractivity contribution < 1.29 is 14.7 Å². The van der Waals surface area contributed by atoms with E-state index in [9.17, 15) is 14.7 Å². The van der Waals surface area contributed by atoms with E-state index >= 15 is 0 Å². The van der Waals surface area contributed by atoms with E-state index in [4.69, 9.17) is 0 Å². The minimum Gasteiger partial charge on any atom is -0.383 e. The van der Waals surface area contributed by atoms with Crippen LogP contribution in [0.3, 0.4) is 0 Å². The molecule has 4 rings (SSSR count). The van der Waals surface area contributed by atoms with Gasteiger partial charge in [0.25, 0.3) is 5.91 Å². The first-order chi connectivity index (χ1) is 15.5. The van der Waals surface area contributed by atoms with E-state index in [1.807, 2.05) is 78.2 Å². The maximum atomic E-state index is 13.0. The van der Waals surface area contributed by atoms with E-state index in [0.29, 0.717) is 24.4 Å². The van der Waals surface area contributed by atoms with Crippen molar-refractivity contribution in [2.24, 2.45) is 5.92 Å². The minimum absolute atomic E-state index is 0.0117. The molecule has 0 saturated carbocycles. The highest BCUT2D eigenvalue weighted by atomic mass is 32.1. The Labute approximate surface area is 192 Å². The molecule has 1 aliphatic heterocycles. The number of aliphatic hydroxyl groups is 1. The van der Waals surface area contributed by atoms with Gasteiger partial charge in [0, 0.05) is 19.5 Å². The molecule has 1 saturated heterocycles. The van der Waals surface area contributed by atoms with Gasteiger partial charge in [0.05, 0.1) is 17.3 Å². The van der Waals surface area contributed by atoms with Gasteiger partial charge in [-0.15, -0.1) is 11.3 Å². The van der Waals surface area contributed by atoms with Crippen LogP contribution >= 0.6 is 11.3 Å². The lowest BCUT2D eigenvalue weighted by atomic mass is 9.86. The number of rotatable bonds is 7. The second-order valence-corrected chi connectivity index (χ2v) is 9.29. The number of thiophene rings is 1. The lowest BCUT2D eigenvalue weighted by molar-refractivity contribution is -0.127. The van der Waals surface area contributed by atoms with Crippen molar-refractivity contribution in [2.45, 2.75) is 24.9 Å². The Morgan fingerprint density at radius 2 is 1.75 bits per heavy atom. The van der Waals surface area contributed by atoms with Crippen LogP contribution in [0.15, 0.2) is 78.2 Å². The Hall–Kier alpha value is -2.96. The second kappa shape index (κ2) is 10.1. The zero-order valence-corrected chi connectivity index (χ0v) is 18.8. The zero-order chi connectivity index (χ0) is 22.4. The van der Waals surface area contributed by atoms with Gasteiger partial charge < -0.3 is 15.3 Å². The molecule has 2 N–H and O–H groups in total. The van der Waals surface area contributed by atoms with Crippen molar-refractivity contribution in [3.63, 3.8) is 0 Å². The average Bonchev–Trinajstić information content (AvgIpc) is 3.38. The predicted octanol–water partition coefficient (Wildman–Crippen LogP) is 3.85.